The predicted molar refractivity (Wildman–Crippen MR) is 74.5 cm³/mol. The van der Waals surface area contributed by atoms with Crippen LogP contribution in [-0.4, -0.2) is 11.7 Å². The smallest absolute Gasteiger partial charge is 0.392 e. The maximum atomic E-state index is 13.3. The van der Waals surface area contributed by atoms with Crippen LogP contribution in [0.1, 0.15) is 16.7 Å². The second-order valence-electron chi connectivity index (χ2n) is 5.04. The molecule has 21 heavy (non-hydrogen) atoms. The van der Waals surface area contributed by atoms with Crippen molar-refractivity contribution in [1.29, 1.82) is 0 Å². The van der Waals surface area contributed by atoms with Gasteiger partial charge in [-0.1, -0.05) is 24.3 Å². The van der Waals surface area contributed by atoms with E-state index in [1.807, 2.05) is 24.3 Å². The molecule has 0 aliphatic carbocycles. The number of aliphatic hydroxyl groups is 1. The van der Waals surface area contributed by atoms with Crippen molar-refractivity contribution in [2.45, 2.75) is 19.2 Å². The zero-order valence-corrected chi connectivity index (χ0v) is 11.2. The second kappa shape index (κ2) is 5.07. The average molecular weight is 293 g/mol. The molecule has 2 aromatic carbocycles. The quantitative estimate of drug-likeness (QED) is 0.908. The van der Waals surface area contributed by atoms with Crippen LogP contribution in [-0.2, 0) is 19.2 Å². The zero-order chi connectivity index (χ0) is 15.0. The minimum Gasteiger partial charge on any atom is -0.392 e. The molecule has 1 aliphatic rings. The van der Waals surface area contributed by atoms with Gasteiger partial charge in [-0.3, -0.25) is 0 Å². The average Bonchev–Trinajstić information content (AvgIpc) is 2.89. The van der Waals surface area contributed by atoms with E-state index in [2.05, 4.69) is 0 Å². The summed E-state index contributed by atoms with van der Waals surface area (Å²) < 4.78 is 39.9. The van der Waals surface area contributed by atoms with Crippen LogP contribution in [0.2, 0.25) is 0 Å². The molecule has 0 atom stereocenters. The Bertz CT molecular complexity index is 667. The van der Waals surface area contributed by atoms with Crippen LogP contribution < -0.4 is 4.90 Å². The molecule has 3 rings (SSSR count). The van der Waals surface area contributed by atoms with E-state index in [-0.39, 0.29) is 11.3 Å². The molecule has 110 valence electrons. The SMILES string of the molecule is OCc1ccc(N2CCc3ccccc32)c(C(F)(F)F)c1. The highest BCUT2D eigenvalue weighted by Gasteiger charge is 2.36. The van der Waals surface area contributed by atoms with Crippen molar-refractivity contribution in [2.24, 2.45) is 0 Å². The van der Waals surface area contributed by atoms with Gasteiger partial charge in [0, 0.05) is 12.2 Å². The van der Waals surface area contributed by atoms with E-state index in [1.54, 1.807) is 4.90 Å². The van der Waals surface area contributed by atoms with E-state index < -0.39 is 18.3 Å². The van der Waals surface area contributed by atoms with Gasteiger partial charge in [0.15, 0.2) is 0 Å². The van der Waals surface area contributed by atoms with Crippen LogP contribution in [0.5, 0.6) is 0 Å². The van der Waals surface area contributed by atoms with Gasteiger partial charge in [0.1, 0.15) is 0 Å². The molecule has 0 bridgehead atoms. The molecule has 0 saturated heterocycles. The van der Waals surface area contributed by atoms with Crippen LogP contribution in [0, 0.1) is 0 Å². The molecule has 0 radical (unpaired) electrons. The summed E-state index contributed by atoms with van der Waals surface area (Å²) in [5, 5.41) is 9.06. The summed E-state index contributed by atoms with van der Waals surface area (Å²) in [4.78, 5) is 1.69. The summed E-state index contributed by atoms with van der Waals surface area (Å²) >= 11 is 0. The van der Waals surface area contributed by atoms with Gasteiger partial charge in [-0.25, -0.2) is 0 Å². The Morgan fingerprint density at radius 2 is 1.81 bits per heavy atom. The molecule has 1 aliphatic heterocycles. The van der Waals surface area contributed by atoms with Gasteiger partial charge in [0.25, 0.3) is 0 Å². The Balaban J connectivity index is 2.11. The lowest BCUT2D eigenvalue weighted by Crippen LogP contribution is -2.19. The number of hydrogen-bond donors (Lipinski definition) is 1. The molecule has 2 aromatic rings. The van der Waals surface area contributed by atoms with Crippen LogP contribution >= 0.6 is 0 Å². The maximum Gasteiger partial charge on any atom is 0.418 e. The highest BCUT2D eigenvalue weighted by molar-refractivity contribution is 5.72. The molecular formula is C16H14F3NO. The summed E-state index contributed by atoms with van der Waals surface area (Å²) in [6, 6.07) is 11.5. The van der Waals surface area contributed by atoms with E-state index >= 15 is 0 Å². The first-order chi connectivity index (χ1) is 10.0. The Morgan fingerprint density at radius 3 is 2.52 bits per heavy atom. The number of nitrogens with zero attached hydrogens (tertiary/aromatic N) is 1. The van der Waals surface area contributed by atoms with Crippen molar-refractivity contribution in [3.63, 3.8) is 0 Å². The lowest BCUT2D eigenvalue weighted by molar-refractivity contribution is -0.137. The van der Waals surface area contributed by atoms with Gasteiger partial charge >= 0.3 is 6.18 Å². The van der Waals surface area contributed by atoms with E-state index in [0.29, 0.717) is 6.54 Å². The number of halogens is 3. The summed E-state index contributed by atoms with van der Waals surface area (Å²) in [6.07, 6.45) is -3.72. The van der Waals surface area contributed by atoms with Crippen LogP contribution in [0.4, 0.5) is 24.5 Å². The summed E-state index contributed by atoms with van der Waals surface area (Å²) in [6.45, 7) is 0.126. The summed E-state index contributed by atoms with van der Waals surface area (Å²) in [7, 11) is 0. The maximum absolute atomic E-state index is 13.3. The van der Waals surface area contributed by atoms with E-state index in [0.717, 1.165) is 23.7 Å². The van der Waals surface area contributed by atoms with Gasteiger partial charge in [-0.15, -0.1) is 0 Å². The molecule has 1 heterocycles. The summed E-state index contributed by atoms with van der Waals surface area (Å²) in [5.74, 6) is 0. The number of alkyl halides is 3. The first-order valence-electron chi connectivity index (χ1n) is 6.67. The Labute approximate surface area is 120 Å². The number of benzene rings is 2. The number of anilines is 2. The lowest BCUT2D eigenvalue weighted by Gasteiger charge is -2.24. The molecule has 0 fully saturated rings. The summed E-state index contributed by atoms with van der Waals surface area (Å²) in [5.41, 5.74) is 1.57. The van der Waals surface area contributed by atoms with E-state index in [9.17, 15) is 13.2 Å². The number of rotatable bonds is 2. The third kappa shape index (κ3) is 2.49. The fourth-order valence-corrected chi connectivity index (χ4v) is 2.73. The number of para-hydroxylation sites is 1. The van der Waals surface area contributed by atoms with E-state index in [1.165, 1.54) is 12.1 Å². The minimum absolute atomic E-state index is 0.143. The minimum atomic E-state index is -4.45. The Kier molecular flexibility index (Phi) is 3.37. The third-order valence-corrected chi connectivity index (χ3v) is 3.73. The van der Waals surface area contributed by atoms with Gasteiger partial charge in [-0.05, 0) is 35.7 Å². The molecule has 2 nitrogen and oxygen atoms in total. The molecule has 0 spiro atoms. The third-order valence-electron chi connectivity index (χ3n) is 3.73. The highest BCUT2D eigenvalue weighted by atomic mass is 19.4. The van der Waals surface area contributed by atoms with Crippen molar-refractivity contribution in [3.8, 4) is 0 Å². The molecule has 0 saturated carbocycles. The standard InChI is InChI=1S/C16H14F3NO/c17-16(18,19)13-9-11(10-21)5-6-15(13)20-8-7-12-3-1-2-4-14(12)20/h1-6,9,21H,7-8,10H2. The first kappa shape index (κ1) is 13.9. The predicted octanol–water partition coefficient (Wildman–Crippen LogP) is 3.89. The molecule has 0 aromatic heterocycles. The monoisotopic (exact) mass is 293 g/mol. The van der Waals surface area contributed by atoms with Gasteiger partial charge in [0.05, 0.1) is 17.9 Å². The van der Waals surface area contributed by atoms with Crippen LogP contribution in [0.15, 0.2) is 42.5 Å². The van der Waals surface area contributed by atoms with Crippen LogP contribution in [0.3, 0.4) is 0 Å². The largest absolute Gasteiger partial charge is 0.418 e. The lowest BCUT2D eigenvalue weighted by atomic mass is 10.1. The van der Waals surface area contributed by atoms with Gasteiger partial charge in [0.2, 0.25) is 0 Å². The number of fused-ring (bicyclic) bond motifs is 1. The molecule has 5 heteroatoms. The van der Waals surface area contributed by atoms with Crippen molar-refractivity contribution in [2.75, 3.05) is 11.4 Å². The van der Waals surface area contributed by atoms with Crippen molar-refractivity contribution in [3.05, 3.63) is 59.2 Å². The molecule has 1 N–H and O–H groups in total. The molecule has 0 unspecified atom stereocenters. The second-order valence-corrected chi connectivity index (χ2v) is 5.04. The fraction of sp³-hybridized carbons (Fsp3) is 0.250. The van der Waals surface area contributed by atoms with Crippen molar-refractivity contribution in [1.82, 2.24) is 0 Å². The normalized spacial score (nSPS) is 14.4. The van der Waals surface area contributed by atoms with Crippen LogP contribution in [0.25, 0.3) is 0 Å². The van der Waals surface area contributed by atoms with Crippen molar-refractivity contribution < 1.29 is 18.3 Å². The Morgan fingerprint density at radius 1 is 1.05 bits per heavy atom. The van der Waals surface area contributed by atoms with Crippen molar-refractivity contribution >= 4 is 11.4 Å². The molecular weight excluding hydrogens is 279 g/mol. The van der Waals surface area contributed by atoms with E-state index in [4.69, 9.17) is 5.11 Å². The number of hydrogen-bond acceptors (Lipinski definition) is 2. The number of aliphatic hydroxyl groups excluding tert-OH is 1. The topological polar surface area (TPSA) is 23.5 Å². The van der Waals surface area contributed by atoms with Gasteiger partial charge < -0.3 is 10.0 Å². The fourth-order valence-electron chi connectivity index (χ4n) is 2.73. The zero-order valence-electron chi connectivity index (χ0n) is 11.2. The van der Waals surface area contributed by atoms with Gasteiger partial charge in [-0.2, -0.15) is 13.2 Å². The Hall–Kier alpha value is -2.01. The molecule has 0 amide bonds. The first-order valence-corrected chi connectivity index (χ1v) is 6.67. The highest BCUT2D eigenvalue weighted by Crippen LogP contribution is 2.42.